The van der Waals surface area contributed by atoms with Gasteiger partial charge in [0.25, 0.3) is 0 Å². The van der Waals surface area contributed by atoms with Gasteiger partial charge < -0.3 is 5.11 Å². The fraction of sp³-hybridized carbons (Fsp3) is 0.273. The molecule has 0 saturated carbocycles. The Kier molecular flexibility index (Phi) is 4.44. The van der Waals surface area contributed by atoms with Gasteiger partial charge in [-0.25, -0.2) is 0 Å². The first-order chi connectivity index (χ1) is 8.19. The molecule has 1 unspecified atom stereocenters. The van der Waals surface area contributed by atoms with Crippen LogP contribution in [-0.4, -0.2) is 21.6 Å². The lowest BCUT2D eigenvalue weighted by Crippen LogP contribution is -1.89. The predicted octanol–water partition coefficient (Wildman–Crippen LogP) is 3.46. The van der Waals surface area contributed by atoms with Crippen LogP contribution >= 0.6 is 34.9 Å². The van der Waals surface area contributed by atoms with E-state index in [4.69, 9.17) is 0 Å². The van der Waals surface area contributed by atoms with E-state index in [9.17, 15) is 5.11 Å². The van der Waals surface area contributed by atoms with Crippen molar-refractivity contribution in [3.8, 4) is 0 Å². The van der Waals surface area contributed by atoms with Gasteiger partial charge in [-0.3, -0.25) is 0 Å². The second kappa shape index (κ2) is 5.86. The van der Waals surface area contributed by atoms with Gasteiger partial charge in [-0.05, 0) is 30.9 Å². The average Bonchev–Trinajstić information content (AvgIpc) is 2.77. The van der Waals surface area contributed by atoms with Crippen LogP contribution in [0.4, 0.5) is 0 Å². The predicted molar refractivity (Wildman–Crippen MR) is 72.9 cm³/mol. The molecule has 0 saturated heterocycles. The van der Waals surface area contributed by atoms with Gasteiger partial charge in [0.1, 0.15) is 0 Å². The van der Waals surface area contributed by atoms with Crippen LogP contribution in [0.5, 0.6) is 0 Å². The summed E-state index contributed by atoms with van der Waals surface area (Å²) in [6.45, 7) is 1.76. The third-order valence-corrected chi connectivity index (χ3v) is 5.09. The Hall–Kier alpha value is -0.560. The Morgan fingerprint density at radius 2 is 1.82 bits per heavy atom. The first kappa shape index (κ1) is 12.9. The summed E-state index contributed by atoms with van der Waals surface area (Å²) in [6.07, 6.45) is 1.57. The van der Waals surface area contributed by atoms with Crippen LogP contribution in [0.1, 0.15) is 18.6 Å². The molecule has 2 rings (SSSR count). The van der Waals surface area contributed by atoms with Crippen LogP contribution in [0.25, 0.3) is 0 Å². The van der Waals surface area contributed by atoms with Gasteiger partial charge in [-0.1, -0.05) is 47.0 Å². The molecule has 0 amide bonds. The molecule has 1 aromatic carbocycles. The Bertz CT molecular complexity index is 482. The number of aromatic nitrogens is 2. The normalized spacial score (nSPS) is 12.6. The minimum absolute atomic E-state index is 0.418. The van der Waals surface area contributed by atoms with E-state index in [0.29, 0.717) is 0 Å². The van der Waals surface area contributed by atoms with E-state index in [1.165, 1.54) is 0 Å². The molecule has 1 N–H and O–H groups in total. The molecule has 90 valence electrons. The molecular weight excluding hydrogens is 272 g/mol. The van der Waals surface area contributed by atoms with E-state index < -0.39 is 6.10 Å². The largest absolute Gasteiger partial charge is 0.389 e. The summed E-state index contributed by atoms with van der Waals surface area (Å²) >= 11 is 4.79. The summed E-state index contributed by atoms with van der Waals surface area (Å²) in [5, 5.41) is 17.6. The molecule has 0 aliphatic carbocycles. The number of benzene rings is 1. The lowest BCUT2D eigenvalue weighted by atomic mass is 10.1. The monoisotopic (exact) mass is 284 g/mol. The summed E-state index contributed by atoms with van der Waals surface area (Å²) < 4.78 is 1.92. The summed E-state index contributed by atoms with van der Waals surface area (Å²) in [6, 6.07) is 7.85. The zero-order valence-corrected chi connectivity index (χ0v) is 11.9. The number of hydrogen-bond donors (Lipinski definition) is 1. The Balaban J connectivity index is 2.08. The van der Waals surface area contributed by atoms with Crippen LogP contribution in [0.2, 0.25) is 0 Å². The average molecular weight is 284 g/mol. The van der Waals surface area contributed by atoms with E-state index in [1.807, 2.05) is 30.5 Å². The van der Waals surface area contributed by atoms with Crippen molar-refractivity contribution >= 4 is 34.9 Å². The highest BCUT2D eigenvalue weighted by Gasteiger charge is 2.06. The lowest BCUT2D eigenvalue weighted by Gasteiger charge is -2.04. The van der Waals surface area contributed by atoms with Gasteiger partial charge in [-0.15, -0.1) is 10.2 Å². The molecular formula is C11H12N2OS3. The SMILES string of the molecule is CSc1nnc(Sc2ccc(C(C)O)cc2)s1. The maximum atomic E-state index is 9.41. The first-order valence-electron chi connectivity index (χ1n) is 5.02. The molecule has 0 bridgehead atoms. The standard InChI is InChI=1S/C11H12N2OS3/c1-7(14)8-3-5-9(6-4-8)16-11-13-12-10(15-2)17-11/h3-7,14H,1-2H3. The molecule has 1 heterocycles. The number of hydrogen-bond acceptors (Lipinski definition) is 6. The van der Waals surface area contributed by atoms with Crippen molar-refractivity contribution < 1.29 is 5.11 Å². The fourth-order valence-electron chi connectivity index (χ4n) is 1.24. The van der Waals surface area contributed by atoms with Crippen molar-refractivity contribution in [3.63, 3.8) is 0 Å². The molecule has 0 fully saturated rings. The van der Waals surface area contributed by atoms with Crippen molar-refractivity contribution in [3.05, 3.63) is 29.8 Å². The second-order valence-corrected chi connectivity index (χ2v) is 6.74. The van der Waals surface area contributed by atoms with E-state index >= 15 is 0 Å². The second-order valence-electron chi connectivity index (χ2n) is 3.39. The van der Waals surface area contributed by atoms with E-state index in [2.05, 4.69) is 10.2 Å². The number of aliphatic hydroxyl groups is 1. The molecule has 2 aromatic rings. The quantitative estimate of drug-likeness (QED) is 0.871. The molecule has 17 heavy (non-hydrogen) atoms. The van der Waals surface area contributed by atoms with Crippen LogP contribution < -0.4 is 0 Å². The number of thioether (sulfide) groups is 1. The topological polar surface area (TPSA) is 46.0 Å². The van der Waals surface area contributed by atoms with E-state index in [1.54, 1.807) is 41.8 Å². The highest BCUT2D eigenvalue weighted by Crippen LogP contribution is 2.33. The number of aliphatic hydroxyl groups excluding tert-OH is 1. The Morgan fingerprint density at radius 3 is 2.35 bits per heavy atom. The van der Waals surface area contributed by atoms with Crippen molar-refractivity contribution in [2.45, 2.75) is 26.6 Å². The Morgan fingerprint density at radius 1 is 1.18 bits per heavy atom. The summed E-state index contributed by atoms with van der Waals surface area (Å²) in [5.41, 5.74) is 0.927. The van der Waals surface area contributed by atoms with E-state index in [0.717, 1.165) is 19.1 Å². The molecule has 0 spiro atoms. The molecule has 1 atom stereocenters. The van der Waals surface area contributed by atoms with Crippen LogP contribution in [-0.2, 0) is 0 Å². The van der Waals surface area contributed by atoms with Crippen molar-refractivity contribution in [2.24, 2.45) is 0 Å². The summed E-state index contributed by atoms with van der Waals surface area (Å²) in [7, 11) is 0. The Labute approximate surface area is 113 Å². The van der Waals surface area contributed by atoms with Gasteiger partial charge in [0, 0.05) is 4.90 Å². The van der Waals surface area contributed by atoms with Crippen molar-refractivity contribution in [1.82, 2.24) is 10.2 Å². The van der Waals surface area contributed by atoms with Crippen molar-refractivity contribution in [1.29, 1.82) is 0 Å². The van der Waals surface area contributed by atoms with Crippen LogP contribution in [0.15, 0.2) is 37.8 Å². The fourth-order valence-corrected chi connectivity index (χ4v) is 3.65. The third-order valence-electron chi connectivity index (χ3n) is 2.13. The van der Waals surface area contributed by atoms with Gasteiger partial charge in [0.05, 0.1) is 6.10 Å². The highest BCUT2D eigenvalue weighted by atomic mass is 32.2. The van der Waals surface area contributed by atoms with Gasteiger partial charge in [0.15, 0.2) is 8.68 Å². The van der Waals surface area contributed by atoms with Crippen LogP contribution in [0, 0.1) is 0 Å². The minimum Gasteiger partial charge on any atom is -0.389 e. The lowest BCUT2D eigenvalue weighted by molar-refractivity contribution is 0.199. The van der Waals surface area contributed by atoms with Gasteiger partial charge in [0.2, 0.25) is 0 Å². The summed E-state index contributed by atoms with van der Waals surface area (Å²) in [4.78, 5) is 1.11. The van der Waals surface area contributed by atoms with E-state index in [-0.39, 0.29) is 0 Å². The molecule has 0 aliphatic rings. The minimum atomic E-state index is -0.418. The molecule has 0 radical (unpaired) electrons. The summed E-state index contributed by atoms with van der Waals surface area (Å²) in [5.74, 6) is 0. The smallest absolute Gasteiger partial charge is 0.179 e. The van der Waals surface area contributed by atoms with Crippen molar-refractivity contribution in [2.75, 3.05) is 6.26 Å². The molecule has 1 aromatic heterocycles. The van der Waals surface area contributed by atoms with Crippen LogP contribution in [0.3, 0.4) is 0 Å². The first-order valence-corrected chi connectivity index (χ1v) is 7.88. The van der Waals surface area contributed by atoms with Gasteiger partial charge in [-0.2, -0.15) is 0 Å². The maximum absolute atomic E-state index is 9.41. The molecule has 6 heteroatoms. The maximum Gasteiger partial charge on any atom is 0.179 e. The molecule has 3 nitrogen and oxygen atoms in total. The molecule has 0 aliphatic heterocycles. The number of rotatable bonds is 4. The number of nitrogens with zero attached hydrogens (tertiary/aromatic N) is 2. The van der Waals surface area contributed by atoms with Gasteiger partial charge >= 0.3 is 0 Å². The third kappa shape index (κ3) is 3.45. The zero-order chi connectivity index (χ0) is 12.3. The zero-order valence-electron chi connectivity index (χ0n) is 9.45. The highest BCUT2D eigenvalue weighted by molar-refractivity contribution is 8.03.